The molecule has 0 amide bonds. The third kappa shape index (κ3) is 11.0. The Labute approximate surface area is 171 Å². The van der Waals surface area contributed by atoms with E-state index in [2.05, 4.69) is 45.3 Å². The Bertz CT molecular complexity index is 479. The zero-order valence-corrected chi connectivity index (χ0v) is 18.9. The van der Waals surface area contributed by atoms with Crippen LogP contribution in [-0.4, -0.2) is 49.3 Å². The first-order valence-electron chi connectivity index (χ1n) is 10.9. The summed E-state index contributed by atoms with van der Waals surface area (Å²) in [5, 5.41) is 6.64. The Morgan fingerprint density at radius 2 is 1.71 bits per heavy atom. The van der Waals surface area contributed by atoms with Crippen molar-refractivity contribution >= 4 is 11.9 Å². The summed E-state index contributed by atoms with van der Waals surface area (Å²) in [5.41, 5.74) is -0.0878. The van der Waals surface area contributed by atoms with E-state index in [0.29, 0.717) is 13.2 Å². The van der Waals surface area contributed by atoms with Gasteiger partial charge in [-0.05, 0) is 77.7 Å². The molecule has 0 aromatic rings. The average Bonchev–Trinajstić information content (AvgIpc) is 3.08. The summed E-state index contributed by atoms with van der Waals surface area (Å²) >= 11 is 0. The van der Waals surface area contributed by atoms with Crippen LogP contribution in [0.3, 0.4) is 0 Å². The highest BCUT2D eigenvalue weighted by Gasteiger charge is 2.29. The molecule has 6 heteroatoms. The van der Waals surface area contributed by atoms with E-state index in [9.17, 15) is 9.59 Å². The maximum absolute atomic E-state index is 12.4. The standard InChI is InChI=1S/C22H42N2O4/c1-7-27-20(26)18(12-13-21(2,3)4)24-22(5,6)14-15-23-16-19(25)28-17-10-8-9-11-17/h17-18,23-24H,7-16H2,1-6H3/t18-/m0/s1. The summed E-state index contributed by atoms with van der Waals surface area (Å²) in [6.07, 6.45) is 6.87. The highest BCUT2D eigenvalue weighted by atomic mass is 16.5. The van der Waals surface area contributed by atoms with Crippen molar-refractivity contribution in [3.63, 3.8) is 0 Å². The summed E-state index contributed by atoms with van der Waals surface area (Å²) in [4.78, 5) is 24.2. The quantitative estimate of drug-likeness (QED) is 0.386. The van der Waals surface area contributed by atoms with Crippen molar-refractivity contribution in [3.8, 4) is 0 Å². The predicted molar refractivity (Wildman–Crippen MR) is 112 cm³/mol. The summed E-state index contributed by atoms with van der Waals surface area (Å²) in [6.45, 7) is 13.8. The van der Waals surface area contributed by atoms with Crippen LogP contribution in [-0.2, 0) is 19.1 Å². The molecule has 1 aliphatic rings. The summed E-state index contributed by atoms with van der Waals surface area (Å²) in [6, 6.07) is -0.318. The van der Waals surface area contributed by atoms with Crippen molar-refractivity contribution in [2.75, 3.05) is 19.7 Å². The molecule has 1 atom stereocenters. The Morgan fingerprint density at radius 1 is 1.07 bits per heavy atom. The number of hydrogen-bond acceptors (Lipinski definition) is 6. The lowest BCUT2D eigenvalue weighted by molar-refractivity contribution is -0.147. The van der Waals surface area contributed by atoms with E-state index in [1.807, 2.05) is 6.92 Å². The maximum Gasteiger partial charge on any atom is 0.323 e. The predicted octanol–water partition coefficient (Wildman–Crippen LogP) is 3.58. The lowest BCUT2D eigenvalue weighted by Crippen LogP contribution is -2.51. The zero-order chi connectivity index (χ0) is 21.2. The molecule has 1 fully saturated rings. The molecule has 0 radical (unpaired) electrons. The van der Waals surface area contributed by atoms with Crippen LogP contribution in [0.15, 0.2) is 0 Å². The van der Waals surface area contributed by atoms with Gasteiger partial charge in [0.05, 0.1) is 13.2 Å². The normalized spacial score (nSPS) is 16.8. The maximum atomic E-state index is 12.4. The highest BCUT2D eigenvalue weighted by molar-refractivity contribution is 5.75. The van der Waals surface area contributed by atoms with E-state index in [-0.39, 0.29) is 41.6 Å². The fourth-order valence-electron chi connectivity index (χ4n) is 3.44. The van der Waals surface area contributed by atoms with Crippen LogP contribution in [0.25, 0.3) is 0 Å². The number of rotatable bonds is 12. The van der Waals surface area contributed by atoms with Crippen molar-refractivity contribution in [3.05, 3.63) is 0 Å². The van der Waals surface area contributed by atoms with Gasteiger partial charge in [-0.2, -0.15) is 0 Å². The molecule has 1 rings (SSSR count). The van der Waals surface area contributed by atoms with Gasteiger partial charge in [-0.25, -0.2) is 0 Å². The molecular weight excluding hydrogens is 356 g/mol. The Balaban J connectivity index is 2.39. The zero-order valence-electron chi connectivity index (χ0n) is 18.9. The summed E-state index contributed by atoms with van der Waals surface area (Å²) in [5.74, 6) is -0.361. The Morgan fingerprint density at radius 3 is 2.29 bits per heavy atom. The molecule has 0 unspecified atom stereocenters. The largest absolute Gasteiger partial charge is 0.465 e. The summed E-state index contributed by atoms with van der Waals surface area (Å²) in [7, 11) is 0. The van der Waals surface area contributed by atoms with Crippen LogP contribution in [0, 0.1) is 5.41 Å². The second-order valence-electron chi connectivity index (χ2n) is 9.76. The third-order valence-corrected chi connectivity index (χ3v) is 5.12. The minimum absolute atomic E-state index is 0.112. The Hall–Kier alpha value is -1.14. The molecule has 0 aliphatic heterocycles. The number of esters is 2. The van der Waals surface area contributed by atoms with Gasteiger partial charge in [-0.1, -0.05) is 20.8 Å². The van der Waals surface area contributed by atoms with Crippen LogP contribution in [0.2, 0.25) is 0 Å². The molecule has 2 N–H and O–H groups in total. The van der Waals surface area contributed by atoms with Crippen molar-refractivity contribution in [2.24, 2.45) is 5.41 Å². The fraction of sp³-hybridized carbons (Fsp3) is 0.909. The van der Waals surface area contributed by atoms with Gasteiger partial charge in [0, 0.05) is 5.54 Å². The van der Waals surface area contributed by atoms with Crippen molar-refractivity contribution in [1.82, 2.24) is 10.6 Å². The first-order chi connectivity index (χ1) is 13.0. The van der Waals surface area contributed by atoms with Gasteiger partial charge in [0.25, 0.3) is 0 Å². The lowest BCUT2D eigenvalue weighted by Gasteiger charge is -2.32. The van der Waals surface area contributed by atoms with Crippen LogP contribution >= 0.6 is 0 Å². The van der Waals surface area contributed by atoms with Gasteiger partial charge < -0.3 is 14.8 Å². The first-order valence-corrected chi connectivity index (χ1v) is 10.9. The monoisotopic (exact) mass is 398 g/mol. The number of carbonyl (C=O) groups excluding carboxylic acids is 2. The molecule has 164 valence electrons. The first kappa shape index (κ1) is 24.9. The van der Waals surface area contributed by atoms with E-state index in [4.69, 9.17) is 9.47 Å². The molecule has 0 bridgehead atoms. The second-order valence-corrected chi connectivity index (χ2v) is 9.76. The number of ether oxygens (including phenoxy) is 2. The van der Waals surface area contributed by atoms with Crippen LogP contribution in [0.4, 0.5) is 0 Å². The molecule has 1 aliphatic carbocycles. The van der Waals surface area contributed by atoms with Gasteiger partial charge >= 0.3 is 11.9 Å². The molecule has 0 spiro atoms. The van der Waals surface area contributed by atoms with E-state index >= 15 is 0 Å². The van der Waals surface area contributed by atoms with Gasteiger partial charge in [0.2, 0.25) is 0 Å². The molecule has 0 heterocycles. The second kappa shape index (κ2) is 11.8. The molecule has 6 nitrogen and oxygen atoms in total. The molecular formula is C22H42N2O4. The van der Waals surface area contributed by atoms with Crippen LogP contribution in [0.5, 0.6) is 0 Å². The third-order valence-electron chi connectivity index (χ3n) is 5.12. The minimum Gasteiger partial charge on any atom is -0.465 e. The number of carbonyl (C=O) groups is 2. The van der Waals surface area contributed by atoms with E-state index in [1.54, 1.807) is 0 Å². The van der Waals surface area contributed by atoms with Gasteiger partial charge in [0.1, 0.15) is 12.1 Å². The van der Waals surface area contributed by atoms with E-state index in [1.165, 1.54) is 0 Å². The number of nitrogens with one attached hydrogen (secondary N) is 2. The molecule has 28 heavy (non-hydrogen) atoms. The summed E-state index contributed by atoms with van der Waals surface area (Å²) < 4.78 is 10.7. The Kier molecular flexibility index (Phi) is 10.5. The van der Waals surface area contributed by atoms with Gasteiger partial charge in [0.15, 0.2) is 0 Å². The van der Waals surface area contributed by atoms with Crippen LogP contribution in [0.1, 0.15) is 86.5 Å². The highest BCUT2D eigenvalue weighted by Crippen LogP contribution is 2.23. The van der Waals surface area contributed by atoms with Crippen molar-refractivity contribution in [1.29, 1.82) is 0 Å². The minimum atomic E-state index is -0.318. The smallest absolute Gasteiger partial charge is 0.323 e. The van der Waals surface area contributed by atoms with E-state index in [0.717, 1.165) is 44.9 Å². The molecule has 0 aromatic carbocycles. The van der Waals surface area contributed by atoms with Gasteiger partial charge in [-0.3, -0.25) is 14.9 Å². The van der Waals surface area contributed by atoms with Crippen molar-refractivity contribution in [2.45, 2.75) is 104 Å². The lowest BCUT2D eigenvalue weighted by atomic mass is 9.88. The van der Waals surface area contributed by atoms with Gasteiger partial charge in [-0.15, -0.1) is 0 Å². The van der Waals surface area contributed by atoms with Crippen LogP contribution < -0.4 is 10.6 Å². The molecule has 0 saturated heterocycles. The number of hydrogen-bond donors (Lipinski definition) is 2. The fourth-order valence-corrected chi connectivity index (χ4v) is 3.44. The van der Waals surface area contributed by atoms with Crippen molar-refractivity contribution < 1.29 is 19.1 Å². The van der Waals surface area contributed by atoms with E-state index < -0.39 is 0 Å². The average molecular weight is 399 g/mol. The topological polar surface area (TPSA) is 76.7 Å². The molecule has 0 aromatic heterocycles. The molecule has 1 saturated carbocycles. The SMILES string of the molecule is CCOC(=O)[C@H](CCC(C)(C)C)NC(C)(C)CCNCC(=O)OC1CCCC1.